The van der Waals surface area contributed by atoms with Gasteiger partial charge in [0.1, 0.15) is 0 Å². The summed E-state index contributed by atoms with van der Waals surface area (Å²) >= 11 is 10.4. The van der Waals surface area contributed by atoms with Crippen LogP contribution in [0.5, 0.6) is 0 Å². The van der Waals surface area contributed by atoms with Crippen LogP contribution in [0.3, 0.4) is 0 Å². The minimum absolute atomic E-state index is 0.00176. The Balaban J connectivity index is 0.000000137. The quantitative estimate of drug-likeness (QED) is 0.190. The highest BCUT2D eigenvalue weighted by molar-refractivity contribution is 9.10. The molecule has 1 N–H and O–H groups in total. The minimum atomic E-state index is -0.382. The van der Waals surface area contributed by atoms with E-state index < -0.39 is 0 Å². The molecule has 0 aliphatic carbocycles. The van der Waals surface area contributed by atoms with E-state index in [2.05, 4.69) is 36.8 Å². The molecule has 0 radical (unpaired) electrons. The predicted octanol–water partition coefficient (Wildman–Crippen LogP) is 6.61. The third kappa shape index (κ3) is 6.70. The second kappa shape index (κ2) is 12.2. The summed E-state index contributed by atoms with van der Waals surface area (Å²) in [6.07, 6.45) is 0. The van der Waals surface area contributed by atoms with E-state index in [0.717, 1.165) is 45.1 Å². The normalized spacial score (nSPS) is 15.4. The van der Waals surface area contributed by atoms with Gasteiger partial charge in [0.25, 0.3) is 0 Å². The Morgan fingerprint density at radius 1 is 0.698 bits per heavy atom. The lowest BCUT2D eigenvalue weighted by Crippen LogP contribution is -2.41. The van der Waals surface area contributed by atoms with E-state index in [-0.39, 0.29) is 32.9 Å². The Kier molecular flexibility index (Phi) is 9.12. The van der Waals surface area contributed by atoms with Gasteiger partial charge in [-0.3, -0.25) is 14.4 Å². The van der Waals surface area contributed by atoms with Crippen molar-refractivity contribution in [2.45, 2.75) is 38.9 Å². The lowest BCUT2D eigenvalue weighted by molar-refractivity contribution is 0.00578. The fourth-order valence-corrected chi connectivity index (χ4v) is 7.95. The third-order valence-electron chi connectivity index (χ3n) is 7.48. The molecule has 8 nitrogen and oxygen atoms in total. The summed E-state index contributed by atoms with van der Waals surface area (Å²) in [5.74, 6) is 0. The molecule has 0 amide bonds. The number of aromatic nitrogens is 3. The van der Waals surface area contributed by atoms with Crippen molar-refractivity contribution in [3.05, 3.63) is 92.5 Å². The van der Waals surface area contributed by atoms with Crippen LogP contribution in [0.1, 0.15) is 27.7 Å². The Hall–Kier alpha value is -2.33. The summed E-state index contributed by atoms with van der Waals surface area (Å²) in [5, 5.41) is 0. The number of aromatic amines is 1. The molecule has 4 heterocycles. The van der Waals surface area contributed by atoms with E-state index in [0.29, 0.717) is 0 Å². The van der Waals surface area contributed by atoms with Crippen molar-refractivity contribution in [2.75, 3.05) is 0 Å². The van der Waals surface area contributed by atoms with E-state index >= 15 is 0 Å². The lowest BCUT2D eigenvalue weighted by Gasteiger charge is -2.32. The molecule has 1 saturated heterocycles. The zero-order valence-electron chi connectivity index (χ0n) is 24.2. The summed E-state index contributed by atoms with van der Waals surface area (Å²) in [4.78, 5) is 36.6. The number of nitrogens with one attached hydrogen (secondary N) is 1. The van der Waals surface area contributed by atoms with Gasteiger partial charge in [-0.05, 0) is 81.7 Å². The summed E-state index contributed by atoms with van der Waals surface area (Å²) in [6, 6.07) is 17.5. The van der Waals surface area contributed by atoms with Gasteiger partial charge in [0.15, 0.2) is 0 Å². The number of thiazole rings is 3. The predicted molar refractivity (Wildman–Crippen MR) is 188 cm³/mol. The van der Waals surface area contributed by atoms with E-state index in [1.807, 2.05) is 82.3 Å². The molecular formula is C29H28BBr2N3O5S3. The van der Waals surface area contributed by atoms with Gasteiger partial charge in [-0.15, -0.1) is 0 Å². The summed E-state index contributed by atoms with van der Waals surface area (Å²) in [7, 11) is 3.19. The van der Waals surface area contributed by atoms with Crippen molar-refractivity contribution in [3.63, 3.8) is 0 Å². The van der Waals surface area contributed by atoms with Gasteiger partial charge in [0.05, 0.1) is 41.9 Å². The molecule has 0 unspecified atom stereocenters. The van der Waals surface area contributed by atoms with E-state index in [1.54, 1.807) is 23.2 Å². The first kappa shape index (κ1) is 32.1. The maximum absolute atomic E-state index is 11.7. The first-order valence-electron chi connectivity index (χ1n) is 13.1. The molecule has 6 aromatic rings. The average Bonchev–Trinajstić information content (AvgIpc) is 3.59. The SMILES string of the molecule is Cn1c(=O)sc2cc(B3OC(C)(C)C(C)(C)O3)ccc21.Cn1c(=O)sc2cc(Br)ccc21.O=c1[nH]c2ccc(Br)cc2s1. The molecule has 0 saturated carbocycles. The maximum atomic E-state index is 11.7. The molecule has 1 aliphatic rings. The van der Waals surface area contributed by atoms with Crippen LogP contribution >= 0.6 is 65.9 Å². The maximum Gasteiger partial charge on any atom is 0.494 e. The highest BCUT2D eigenvalue weighted by atomic mass is 79.9. The fraction of sp³-hybridized carbons (Fsp3) is 0.276. The van der Waals surface area contributed by atoms with Crippen molar-refractivity contribution in [3.8, 4) is 0 Å². The molecule has 3 aromatic heterocycles. The monoisotopic (exact) mass is 763 g/mol. The van der Waals surface area contributed by atoms with E-state index in [1.165, 1.54) is 34.0 Å². The van der Waals surface area contributed by atoms with Gasteiger partial charge in [-0.1, -0.05) is 71.9 Å². The summed E-state index contributed by atoms with van der Waals surface area (Å²) in [6.45, 7) is 8.14. The highest BCUT2D eigenvalue weighted by Gasteiger charge is 2.51. The zero-order valence-corrected chi connectivity index (χ0v) is 29.8. The standard InChI is InChI=1S/C14H18BNO3S.C8H6BrNOS.C7H4BrNOS/c1-13(2)14(3,4)19-15(18-13)9-6-7-10-11(8-9)20-12(17)16(10)5;1-10-6-3-2-5(9)4-7(6)12-8(10)11;8-4-1-2-5-6(3-4)11-7(10)9-5/h6-8H,1-5H3;2-4H,1H3;1-3H,(H,9,10). The fourth-order valence-electron chi connectivity index (χ4n) is 4.30. The molecule has 3 aromatic carbocycles. The molecule has 43 heavy (non-hydrogen) atoms. The molecule has 1 fully saturated rings. The third-order valence-corrected chi connectivity index (χ3v) is 11.3. The van der Waals surface area contributed by atoms with Gasteiger partial charge in [0.2, 0.25) is 0 Å². The van der Waals surface area contributed by atoms with Gasteiger partial charge in [-0.25, -0.2) is 0 Å². The number of H-pyrrole nitrogens is 1. The van der Waals surface area contributed by atoms with Crippen LogP contribution in [-0.4, -0.2) is 32.4 Å². The molecule has 224 valence electrons. The number of hydrogen-bond acceptors (Lipinski definition) is 8. The first-order chi connectivity index (χ1) is 20.1. The number of fused-ring (bicyclic) bond motifs is 3. The molecule has 0 spiro atoms. The molecular weight excluding hydrogens is 737 g/mol. The van der Waals surface area contributed by atoms with Crippen LogP contribution in [0.15, 0.2) is 77.9 Å². The molecule has 0 atom stereocenters. The topological polar surface area (TPSA) is 95.3 Å². The second-order valence-electron chi connectivity index (χ2n) is 10.9. The van der Waals surface area contributed by atoms with Crippen LogP contribution in [0.2, 0.25) is 0 Å². The van der Waals surface area contributed by atoms with Crippen LogP contribution < -0.4 is 20.1 Å². The first-order valence-corrected chi connectivity index (χ1v) is 17.2. The van der Waals surface area contributed by atoms with Gasteiger partial charge >= 0.3 is 21.7 Å². The van der Waals surface area contributed by atoms with Crippen molar-refractivity contribution >= 4 is 109 Å². The molecule has 14 heteroatoms. The average molecular weight is 765 g/mol. The van der Waals surface area contributed by atoms with E-state index in [9.17, 15) is 14.4 Å². The Morgan fingerprint density at radius 2 is 1.19 bits per heavy atom. The summed E-state index contributed by atoms with van der Waals surface area (Å²) in [5.41, 5.74) is 3.10. The summed E-state index contributed by atoms with van der Waals surface area (Å²) < 4.78 is 20.4. The van der Waals surface area contributed by atoms with E-state index in [4.69, 9.17) is 9.31 Å². The van der Waals surface area contributed by atoms with Gasteiger partial charge < -0.3 is 23.4 Å². The Morgan fingerprint density at radius 3 is 1.77 bits per heavy atom. The second-order valence-corrected chi connectivity index (χ2v) is 15.8. The van der Waals surface area contributed by atoms with Crippen LogP contribution in [0.4, 0.5) is 0 Å². The van der Waals surface area contributed by atoms with Crippen LogP contribution in [0.25, 0.3) is 30.6 Å². The van der Waals surface area contributed by atoms with Crippen LogP contribution in [0, 0.1) is 0 Å². The smallest absolute Gasteiger partial charge is 0.399 e. The number of rotatable bonds is 1. The largest absolute Gasteiger partial charge is 0.494 e. The van der Waals surface area contributed by atoms with Gasteiger partial charge in [-0.2, -0.15) is 0 Å². The number of benzene rings is 3. The minimum Gasteiger partial charge on any atom is -0.399 e. The van der Waals surface area contributed by atoms with Crippen LogP contribution in [-0.2, 0) is 23.4 Å². The number of nitrogens with zero attached hydrogens (tertiary/aromatic N) is 2. The Bertz CT molecular complexity index is 2120. The molecule has 1 aliphatic heterocycles. The molecule has 0 bridgehead atoms. The number of aryl methyl sites for hydroxylation is 2. The van der Waals surface area contributed by atoms with Crippen molar-refractivity contribution in [1.82, 2.24) is 14.1 Å². The lowest BCUT2D eigenvalue weighted by atomic mass is 9.79. The van der Waals surface area contributed by atoms with Gasteiger partial charge in [0, 0.05) is 23.0 Å². The molecule has 7 rings (SSSR count). The van der Waals surface area contributed by atoms with Crippen molar-refractivity contribution in [2.24, 2.45) is 14.1 Å². The number of hydrogen-bond donors (Lipinski definition) is 1. The highest BCUT2D eigenvalue weighted by Crippen LogP contribution is 2.36. The number of halogens is 2. The Labute approximate surface area is 276 Å². The van der Waals surface area contributed by atoms with Crippen molar-refractivity contribution in [1.29, 1.82) is 0 Å². The zero-order chi connectivity index (χ0) is 31.3. The van der Waals surface area contributed by atoms with Crippen molar-refractivity contribution < 1.29 is 9.31 Å².